The molecule has 0 aliphatic heterocycles. The fourth-order valence-corrected chi connectivity index (χ4v) is 1.74. The quantitative estimate of drug-likeness (QED) is 0.646. The number of carbonyl (C=O) groups is 2. The second-order valence-corrected chi connectivity index (χ2v) is 3.98. The van der Waals surface area contributed by atoms with Crippen LogP contribution in [0.15, 0.2) is 17.5 Å². The second kappa shape index (κ2) is 5.47. The third-order valence-electron chi connectivity index (χ3n) is 1.80. The van der Waals surface area contributed by atoms with Crippen molar-refractivity contribution in [1.82, 2.24) is 5.32 Å². The van der Waals surface area contributed by atoms with E-state index in [4.69, 9.17) is 11.5 Å². The zero-order valence-corrected chi connectivity index (χ0v) is 8.92. The highest BCUT2D eigenvalue weighted by Gasteiger charge is 2.15. The number of amides is 2. The van der Waals surface area contributed by atoms with Crippen LogP contribution < -0.4 is 16.8 Å². The van der Waals surface area contributed by atoms with Gasteiger partial charge in [-0.2, -0.15) is 0 Å². The molecular weight excluding hydrogens is 214 g/mol. The van der Waals surface area contributed by atoms with Gasteiger partial charge in [-0.1, -0.05) is 6.07 Å². The molecule has 6 heteroatoms. The van der Waals surface area contributed by atoms with E-state index in [9.17, 15) is 9.59 Å². The van der Waals surface area contributed by atoms with Gasteiger partial charge in [0.1, 0.15) is 6.04 Å². The molecule has 5 N–H and O–H groups in total. The first kappa shape index (κ1) is 11.7. The predicted molar refractivity (Wildman–Crippen MR) is 58.1 cm³/mol. The Morgan fingerprint density at radius 3 is 2.80 bits per heavy atom. The molecule has 1 rings (SSSR count). The number of primary amides is 1. The Labute approximate surface area is 91.4 Å². The maximum Gasteiger partial charge on any atom is 0.242 e. The summed E-state index contributed by atoms with van der Waals surface area (Å²) in [7, 11) is 0. The molecule has 0 aliphatic carbocycles. The molecule has 1 aromatic heterocycles. The summed E-state index contributed by atoms with van der Waals surface area (Å²) in [6.07, 6.45) is 0.128. The van der Waals surface area contributed by atoms with E-state index in [1.807, 2.05) is 11.4 Å². The van der Waals surface area contributed by atoms with Gasteiger partial charge in [0.25, 0.3) is 0 Å². The maximum atomic E-state index is 11.4. The van der Waals surface area contributed by atoms with Gasteiger partial charge in [0, 0.05) is 17.8 Å². The van der Waals surface area contributed by atoms with Crippen molar-refractivity contribution in [2.75, 3.05) is 6.54 Å². The van der Waals surface area contributed by atoms with E-state index in [0.29, 0.717) is 0 Å². The van der Waals surface area contributed by atoms with Crippen molar-refractivity contribution in [1.29, 1.82) is 0 Å². The molecule has 1 heterocycles. The molecule has 5 nitrogen and oxygen atoms in total. The molecule has 0 bridgehead atoms. The number of nitrogens with one attached hydrogen (secondary N) is 1. The van der Waals surface area contributed by atoms with Crippen molar-refractivity contribution in [2.45, 2.75) is 12.5 Å². The summed E-state index contributed by atoms with van der Waals surface area (Å²) in [6, 6.07) is 2.96. The highest BCUT2D eigenvalue weighted by Crippen LogP contribution is 2.16. The van der Waals surface area contributed by atoms with Gasteiger partial charge in [-0.15, -0.1) is 11.3 Å². The Morgan fingerprint density at radius 1 is 1.53 bits per heavy atom. The number of carbonyl (C=O) groups excluding carboxylic acids is 2. The molecule has 82 valence electrons. The van der Waals surface area contributed by atoms with E-state index in [0.717, 1.165) is 4.88 Å². The first-order valence-corrected chi connectivity index (χ1v) is 5.34. The van der Waals surface area contributed by atoms with Gasteiger partial charge in [0.15, 0.2) is 0 Å². The minimum absolute atomic E-state index is 0.128. The molecule has 0 aliphatic rings. The van der Waals surface area contributed by atoms with Gasteiger partial charge in [-0.05, 0) is 11.4 Å². The Kier molecular flexibility index (Phi) is 4.26. The molecular formula is C9H13N3O2S. The second-order valence-electron chi connectivity index (χ2n) is 3.00. The van der Waals surface area contributed by atoms with Crippen LogP contribution in [0.5, 0.6) is 0 Å². The summed E-state index contributed by atoms with van der Waals surface area (Å²) >= 11 is 1.42. The molecule has 1 unspecified atom stereocenters. The van der Waals surface area contributed by atoms with Crippen LogP contribution >= 0.6 is 11.3 Å². The minimum Gasteiger partial charge on any atom is -0.370 e. The van der Waals surface area contributed by atoms with E-state index in [1.54, 1.807) is 6.07 Å². The van der Waals surface area contributed by atoms with Gasteiger partial charge < -0.3 is 16.8 Å². The van der Waals surface area contributed by atoms with Crippen LogP contribution in [0, 0.1) is 0 Å². The number of rotatable bonds is 5. The fraction of sp³-hybridized carbons (Fsp3) is 0.333. The van der Waals surface area contributed by atoms with Crippen molar-refractivity contribution in [3.05, 3.63) is 22.4 Å². The van der Waals surface area contributed by atoms with Gasteiger partial charge >= 0.3 is 0 Å². The molecule has 1 aromatic rings. The first-order valence-electron chi connectivity index (χ1n) is 4.46. The summed E-state index contributed by atoms with van der Waals surface area (Å²) in [5, 5.41) is 4.40. The number of thiophene rings is 1. The lowest BCUT2D eigenvalue weighted by molar-refractivity contribution is -0.122. The summed E-state index contributed by atoms with van der Waals surface area (Å²) < 4.78 is 0. The summed E-state index contributed by atoms with van der Waals surface area (Å²) in [5.41, 5.74) is 10.6. The van der Waals surface area contributed by atoms with Crippen LogP contribution in [0.2, 0.25) is 0 Å². The van der Waals surface area contributed by atoms with Crippen LogP contribution in [0.1, 0.15) is 17.3 Å². The largest absolute Gasteiger partial charge is 0.370 e. The van der Waals surface area contributed by atoms with E-state index in [1.165, 1.54) is 11.3 Å². The standard InChI is InChI=1S/C9H13N3O2S/c10-7(13)3-4-12-9(14)8(11)6-2-1-5-15-6/h1-2,5,8H,3-4,11H2,(H2,10,13)(H,12,14). The zero-order chi connectivity index (χ0) is 11.3. The van der Waals surface area contributed by atoms with Crippen LogP contribution in [0.25, 0.3) is 0 Å². The van der Waals surface area contributed by atoms with Gasteiger partial charge in [-0.3, -0.25) is 9.59 Å². The topological polar surface area (TPSA) is 98.2 Å². The monoisotopic (exact) mass is 227 g/mol. The van der Waals surface area contributed by atoms with Crippen LogP contribution in [-0.4, -0.2) is 18.4 Å². The minimum atomic E-state index is -0.669. The van der Waals surface area contributed by atoms with Crippen LogP contribution in [0.4, 0.5) is 0 Å². The lowest BCUT2D eigenvalue weighted by Gasteiger charge is -2.09. The molecule has 0 saturated heterocycles. The normalized spacial score (nSPS) is 12.1. The summed E-state index contributed by atoms with van der Waals surface area (Å²) in [5.74, 6) is -0.737. The molecule has 1 atom stereocenters. The fourth-order valence-electron chi connectivity index (χ4n) is 1.02. The summed E-state index contributed by atoms with van der Waals surface area (Å²) in [6.45, 7) is 0.229. The molecule has 2 amide bonds. The van der Waals surface area contributed by atoms with Crippen LogP contribution in [0.3, 0.4) is 0 Å². The number of hydrogen-bond donors (Lipinski definition) is 3. The zero-order valence-electron chi connectivity index (χ0n) is 8.10. The molecule has 0 radical (unpaired) electrons. The lowest BCUT2D eigenvalue weighted by atomic mass is 10.2. The Morgan fingerprint density at radius 2 is 2.27 bits per heavy atom. The number of nitrogens with two attached hydrogens (primary N) is 2. The van der Waals surface area contributed by atoms with Gasteiger partial charge in [0.2, 0.25) is 11.8 Å². The van der Waals surface area contributed by atoms with Crippen molar-refractivity contribution in [3.8, 4) is 0 Å². The Hall–Kier alpha value is -1.40. The van der Waals surface area contributed by atoms with Crippen molar-refractivity contribution >= 4 is 23.2 Å². The highest BCUT2D eigenvalue weighted by atomic mass is 32.1. The SMILES string of the molecule is NC(=O)CCNC(=O)C(N)c1cccs1. The third kappa shape index (κ3) is 3.69. The van der Waals surface area contributed by atoms with Crippen molar-refractivity contribution < 1.29 is 9.59 Å². The Bertz CT molecular complexity index is 337. The first-order chi connectivity index (χ1) is 7.11. The smallest absolute Gasteiger partial charge is 0.242 e. The van der Waals surface area contributed by atoms with Crippen LogP contribution in [-0.2, 0) is 9.59 Å². The van der Waals surface area contributed by atoms with Crippen molar-refractivity contribution in [3.63, 3.8) is 0 Å². The lowest BCUT2D eigenvalue weighted by Crippen LogP contribution is -2.35. The number of hydrogen-bond acceptors (Lipinski definition) is 4. The van der Waals surface area contributed by atoms with E-state index < -0.39 is 11.9 Å². The molecule has 0 aromatic carbocycles. The summed E-state index contributed by atoms with van der Waals surface area (Å²) in [4.78, 5) is 22.7. The molecule has 15 heavy (non-hydrogen) atoms. The molecule has 0 saturated carbocycles. The van der Waals surface area contributed by atoms with Gasteiger partial charge in [-0.25, -0.2) is 0 Å². The third-order valence-corrected chi connectivity index (χ3v) is 2.76. The Balaban J connectivity index is 2.37. The molecule has 0 fully saturated rings. The van der Waals surface area contributed by atoms with E-state index >= 15 is 0 Å². The van der Waals surface area contributed by atoms with E-state index in [-0.39, 0.29) is 18.9 Å². The predicted octanol–water partition coefficient (Wildman–Crippen LogP) is -0.260. The highest BCUT2D eigenvalue weighted by molar-refractivity contribution is 7.10. The average molecular weight is 227 g/mol. The van der Waals surface area contributed by atoms with Crippen molar-refractivity contribution in [2.24, 2.45) is 11.5 Å². The maximum absolute atomic E-state index is 11.4. The molecule has 0 spiro atoms. The van der Waals surface area contributed by atoms with E-state index in [2.05, 4.69) is 5.32 Å². The average Bonchev–Trinajstić information content (AvgIpc) is 2.68. The van der Waals surface area contributed by atoms with Gasteiger partial charge in [0.05, 0.1) is 0 Å².